The fraction of sp³-hybridized carbons (Fsp3) is 0.571. The van der Waals surface area contributed by atoms with E-state index < -0.39 is 8.80 Å². The van der Waals surface area contributed by atoms with Crippen LogP contribution in [0.25, 0.3) is 0 Å². The zero-order chi connectivity index (χ0) is 14.1. The number of nitrogens with one attached hydrogen (secondary N) is 1. The summed E-state index contributed by atoms with van der Waals surface area (Å²) >= 11 is 0. The Bertz CT molecular complexity index is 342. The highest BCUT2D eigenvalue weighted by atomic mass is 28.4. The minimum Gasteiger partial charge on any atom is -0.382 e. The van der Waals surface area contributed by atoms with Crippen LogP contribution in [0.4, 0.5) is 5.69 Å². The molecule has 4 nitrogen and oxygen atoms in total. The average Bonchev–Trinajstić information content (AvgIpc) is 2.38. The molecule has 0 aliphatic heterocycles. The predicted octanol–water partition coefficient (Wildman–Crippen LogP) is 3.15. The minimum absolute atomic E-state index is 0.0370. The number of hydrogen-bond donors (Lipinski definition) is 1. The highest BCUT2D eigenvalue weighted by Gasteiger charge is 2.35. The molecule has 0 spiro atoms. The standard InChI is InChI=1S/C14H25NO3Si/c1-5-16-19(4,17-6-2)18-13(3)12-15-14-10-8-7-9-11-14/h7-11,13,15H,5-6,12H2,1-4H3. The molecule has 0 aliphatic rings. The van der Waals surface area contributed by atoms with E-state index in [1.165, 1.54) is 0 Å². The molecule has 0 aromatic heterocycles. The molecule has 1 unspecified atom stereocenters. The highest BCUT2D eigenvalue weighted by Crippen LogP contribution is 2.13. The van der Waals surface area contributed by atoms with Crippen molar-refractivity contribution in [2.45, 2.75) is 33.4 Å². The van der Waals surface area contributed by atoms with Crippen molar-refractivity contribution in [3.05, 3.63) is 30.3 Å². The molecule has 0 aliphatic carbocycles. The minimum atomic E-state index is -2.49. The first-order valence-electron chi connectivity index (χ1n) is 6.84. The van der Waals surface area contributed by atoms with E-state index in [0.29, 0.717) is 13.2 Å². The predicted molar refractivity (Wildman–Crippen MR) is 80.3 cm³/mol. The number of benzene rings is 1. The van der Waals surface area contributed by atoms with Gasteiger partial charge < -0.3 is 18.6 Å². The van der Waals surface area contributed by atoms with Crippen molar-refractivity contribution in [3.8, 4) is 0 Å². The summed E-state index contributed by atoms with van der Waals surface area (Å²) in [5.74, 6) is 0. The summed E-state index contributed by atoms with van der Waals surface area (Å²) in [5.41, 5.74) is 1.09. The van der Waals surface area contributed by atoms with Gasteiger partial charge in [-0.3, -0.25) is 0 Å². The van der Waals surface area contributed by atoms with Crippen molar-refractivity contribution in [2.75, 3.05) is 25.1 Å². The van der Waals surface area contributed by atoms with E-state index in [0.717, 1.165) is 12.2 Å². The van der Waals surface area contributed by atoms with Gasteiger partial charge in [-0.1, -0.05) is 18.2 Å². The van der Waals surface area contributed by atoms with Crippen LogP contribution in [0.5, 0.6) is 0 Å². The summed E-state index contributed by atoms with van der Waals surface area (Å²) in [5, 5.41) is 3.34. The zero-order valence-corrected chi connectivity index (χ0v) is 13.3. The Morgan fingerprint density at radius 1 is 1.11 bits per heavy atom. The second-order valence-electron chi connectivity index (χ2n) is 4.40. The van der Waals surface area contributed by atoms with Gasteiger partial charge >= 0.3 is 8.80 Å². The second-order valence-corrected chi connectivity index (χ2v) is 6.94. The van der Waals surface area contributed by atoms with Gasteiger partial charge in [0.05, 0.1) is 6.10 Å². The first-order chi connectivity index (χ1) is 9.09. The Hall–Kier alpha value is -0.883. The van der Waals surface area contributed by atoms with Gasteiger partial charge in [-0.15, -0.1) is 0 Å². The highest BCUT2D eigenvalue weighted by molar-refractivity contribution is 6.59. The van der Waals surface area contributed by atoms with E-state index in [2.05, 4.69) is 5.32 Å². The van der Waals surface area contributed by atoms with Crippen molar-refractivity contribution in [2.24, 2.45) is 0 Å². The quantitative estimate of drug-likeness (QED) is 0.707. The van der Waals surface area contributed by atoms with Gasteiger partial charge in [0.2, 0.25) is 0 Å². The third-order valence-electron chi connectivity index (χ3n) is 2.60. The Balaban J connectivity index is 2.42. The van der Waals surface area contributed by atoms with Crippen LogP contribution in [0.2, 0.25) is 6.55 Å². The van der Waals surface area contributed by atoms with E-state index in [9.17, 15) is 0 Å². The van der Waals surface area contributed by atoms with Crippen LogP contribution in [-0.2, 0) is 13.3 Å². The van der Waals surface area contributed by atoms with Crippen LogP contribution in [0.3, 0.4) is 0 Å². The summed E-state index contributed by atoms with van der Waals surface area (Å²) in [4.78, 5) is 0. The maximum atomic E-state index is 5.97. The molecule has 1 atom stereocenters. The topological polar surface area (TPSA) is 39.7 Å². The first-order valence-corrected chi connectivity index (χ1v) is 9.06. The summed E-state index contributed by atoms with van der Waals surface area (Å²) < 4.78 is 17.3. The van der Waals surface area contributed by atoms with Gasteiger partial charge in [0.25, 0.3) is 0 Å². The van der Waals surface area contributed by atoms with E-state index in [1.54, 1.807) is 0 Å². The number of para-hydroxylation sites is 1. The molecule has 0 heterocycles. The van der Waals surface area contributed by atoms with Crippen LogP contribution < -0.4 is 5.32 Å². The molecular formula is C14H25NO3Si. The molecule has 1 aromatic carbocycles. The lowest BCUT2D eigenvalue weighted by atomic mass is 10.3. The first kappa shape index (κ1) is 16.2. The largest absolute Gasteiger partial charge is 0.497 e. The smallest absolute Gasteiger partial charge is 0.382 e. The Kier molecular flexibility index (Phi) is 7.08. The fourth-order valence-electron chi connectivity index (χ4n) is 1.86. The molecule has 1 rings (SSSR count). The second kappa shape index (κ2) is 8.32. The lowest BCUT2D eigenvalue weighted by Gasteiger charge is -2.28. The van der Waals surface area contributed by atoms with Crippen LogP contribution in [0, 0.1) is 0 Å². The van der Waals surface area contributed by atoms with Crippen molar-refractivity contribution in [3.63, 3.8) is 0 Å². The molecule has 0 fully saturated rings. The molecule has 19 heavy (non-hydrogen) atoms. The summed E-state index contributed by atoms with van der Waals surface area (Å²) in [6, 6.07) is 10.1. The zero-order valence-electron chi connectivity index (χ0n) is 12.3. The molecule has 1 aromatic rings. The molecule has 108 valence electrons. The molecule has 0 amide bonds. The molecule has 0 saturated carbocycles. The summed E-state index contributed by atoms with van der Waals surface area (Å²) in [6.45, 7) is 9.84. The molecule has 0 saturated heterocycles. The fourth-order valence-corrected chi connectivity index (χ4v) is 3.94. The molecule has 5 heteroatoms. The van der Waals surface area contributed by atoms with Crippen LogP contribution in [0.15, 0.2) is 30.3 Å². The van der Waals surface area contributed by atoms with Gasteiger partial charge in [-0.05, 0) is 32.9 Å². The van der Waals surface area contributed by atoms with E-state index in [1.807, 2.05) is 57.7 Å². The van der Waals surface area contributed by atoms with Gasteiger partial charge in [0.1, 0.15) is 0 Å². The maximum Gasteiger partial charge on any atom is 0.497 e. The molecule has 0 radical (unpaired) electrons. The van der Waals surface area contributed by atoms with Gasteiger partial charge in [0, 0.05) is 32.0 Å². The van der Waals surface area contributed by atoms with Gasteiger partial charge in [0.15, 0.2) is 0 Å². The van der Waals surface area contributed by atoms with E-state index in [4.69, 9.17) is 13.3 Å². The third-order valence-corrected chi connectivity index (χ3v) is 5.05. The Morgan fingerprint density at radius 3 is 2.21 bits per heavy atom. The lowest BCUT2D eigenvalue weighted by Crippen LogP contribution is -2.46. The monoisotopic (exact) mass is 283 g/mol. The van der Waals surface area contributed by atoms with Crippen molar-refractivity contribution in [1.29, 1.82) is 0 Å². The number of anilines is 1. The van der Waals surface area contributed by atoms with Crippen LogP contribution >= 0.6 is 0 Å². The molecule has 1 N–H and O–H groups in total. The molecule has 0 bridgehead atoms. The van der Waals surface area contributed by atoms with Crippen molar-refractivity contribution >= 4 is 14.5 Å². The third kappa shape index (κ3) is 6.20. The summed E-state index contributed by atoms with van der Waals surface area (Å²) in [6.07, 6.45) is 0.0370. The Labute approximate surface area is 117 Å². The van der Waals surface area contributed by atoms with Crippen molar-refractivity contribution in [1.82, 2.24) is 0 Å². The van der Waals surface area contributed by atoms with Gasteiger partial charge in [-0.25, -0.2) is 0 Å². The van der Waals surface area contributed by atoms with Crippen LogP contribution in [-0.4, -0.2) is 34.7 Å². The Morgan fingerprint density at radius 2 is 1.68 bits per heavy atom. The SMILES string of the molecule is CCO[Si](C)(OCC)OC(C)CNc1ccccc1. The average molecular weight is 283 g/mol. The summed E-state index contributed by atoms with van der Waals surface area (Å²) in [7, 11) is -2.49. The van der Waals surface area contributed by atoms with E-state index >= 15 is 0 Å². The number of hydrogen-bond acceptors (Lipinski definition) is 4. The maximum absolute atomic E-state index is 5.97. The van der Waals surface area contributed by atoms with Crippen molar-refractivity contribution < 1.29 is 13.3 Å². The number of rotatable bonds is 9. The lowest BCUT2D eigenvalue weighted by molar-refractivity contribution is 0.0486. The van der Waals surface area contributed by atoms with Gasteiger partial charge in [-0.2, -0.15) is 0 Å². The van der Waals surface area contributed by atoms with Crippen LogP contribution in [0.1, 0.15) is 20.8 Å². The normalized spacial score (nSPS) is 13.3. The molecular weight excluding hydrogens is 258 g/mol. The van der Waals surface area contributed by atoms with E-state index in [-0.39, 0.29) is 6.10 Å².